The minimum absolute atomic E-state index is 0.260. The van der Waals surface area contributed by atoms with Gasteiger partial charge in [0.05, 0.1) is 5.25 Å². The summed E-state index contributed by atoms with van der Waals surface area (Å²) in [7, 11) is -3.29. The summed E-state index contributed by atoms with van der Waals surface area (Å²) < 4.78 is 32.8. The van der Waals surface area contributed by atoms with Crippen LogP contribution in [0.25, 0.3) is 0 Å². The normalized spacial score (nSPS) is 22.4. The molecule has 1 aliphatic heterocycles. The van der Waals surface area contributed by atoms with Crippen molar-refractivity contribution in [3.05, 3.63) is 23.2 Å². The quantitative estimate of drug-likeness (QED) is 0.882. The van der Waals surface area contributed by atoms with Gasteiger partial charge >= 0.3 is 0 Å². The van der Waals surface area contributed by atoms with Crippen LogP contribution >= 0.6 is 0 Å². The SMILES string of the molecule is Cc1cc(C(C)NS(=O)(=O)C2CCCNC2)c(C)o1. The van der Waals surface area contributed by atoms with Gasteiger partial charge in [-0.15, -0.1) is 0 Å². The van der Waals surface area contributed by atoms with Gasteiger partial charge in [0.2, 0.25) is 10.0 Å². The Bertz CT molecular complexity index is 530. The molecule has 2 heterocycles. The molecule has 0 aliphatic carbocycles. The summed E-state index contributed by atoms with van der Waals surface area (Å²) in [4.78, 5) is 0. The Hall–Kier alpha value is -0.850. The molecule has 0 aromatic carbocycles. The minimum Gasteiger partial charge on any atom is -0.466 e. The topological polar surface area (TPSA) is 71.3 Å². The van der Waals surface area contributed by atoms with Gasteiger partial charge in [-0.1, -0.05) is 0 Å². The second kappa shape index (κ2) is 5.64. The van der Waals surface area contributed by atoms with E-state index < -0.39 is 10.0 Å². The van der Waals surface area contributed by atoms with Gasteiger partial charge < -0.3 is 9.73 Å². The van der Waals surface area contributed by atoms with Crippen molar-refractivity contribution >= 4 is 10.0 Å². The van der Waals surface area contributed by atoms with Crippen molar-refractivity contribution < 1.29 is 12.8 Å². The van der Waals surface area contributed by atoms with E-state index in [-0.39, 0.29) is 11.3 Å². The number of hydrogen-bond acceptors (Lipinski definition) is 4. The predicted octanol–water partition coefficient (Wildman–Crippen LogP) is 1.63. The lowest BCUT2D eigenvalue weighted by atomic mass is 10.1. The number of sulfonamides is 1. The fourth-order valence-electron chi connectivity index (χ4n) is 2.57. The standard InChI is InChI=1S/C13H22N2O3S/c1-9-7-13(11(3)18-9)10(2)15-19(16,17)12-5-4-6-14-8-12/h7,10,12,14-15H,4-6,8H2,1-3H3. The van der Waals surface area contributed by atoms with Crippen molar-refractivity contribution in [2.75, 3.05) is 13.1 Å². The molecule has 0 bridgehead atoms. The van der Waals surface area contributed by atoms with E-state index in [1.54, 1.807) is 0 Å². The molecule has 1 aromatic heterocycles. The third-order valence-electron chi connectivity index (χ3n) is 3.58. The van der Waals surface area contributed by atoms with E-state index in [0.29, 0.717) is 6.54 Å². The first-order valence-corrected chi connectivity index (χ1v) is 8.23. The Morgan fingerprint density at radius 3 is 2.74 bits per heavy atom. The molecule has 0 saturated carbocycles. The fourth-order valence-corrected chi connectivity index (χ4v) is 4.20. The summed E-state index contributed by atoms with van der Waals surface area (Å²) in [5.74, 6) is 1.58. The van der Waals surface area contributed by atoms with Crippen LogP contribution in [0.4, 0.5) is 0 Å². The van der Waals surface area contributed by atoms with Crippen molar-refractivity contribution in [2.45, 2.75) is 44.9 Å². The van der Waals surface area contributed by atoms with Crippen molar-refractivity contribution in [1.82, 2.24) is 10.0 Å². The molecule has 19 heavy (non-hydrogen) atoms. The maximum Gasteiger partial charge on any atom is 0.216 e. The van der Waals surface area contributed by atoms with Crippen LogP contribution in [0.2, 0.25) is 0 Å². The average Bonchev–Trinajstić information content (AvgIpc) is 2.69. The van der Waals surface area contributed by atoms with Gasteiger partial charge in [-0.2, -0.15) is 0 Å². The molecular formula is C13H22N2O3S. The summed E-state index contributed by atoms with van der Waals surface area (Å²) in [5.41, 5.74) is 0.907. The molecule has 5 nitrogen and oxygen atoms in total. The molecule has 6 heteroatoms. The van der Waals surface area contributed by atoms with Gasteiger partial charge in [-0.25, -0.2) is 13.1 Å². The minimum atomic E-state index is -3.29. The van der Waals surface area contributed by atoms with Crippen molar-refractivity contribution in [3.63, 3.8) is 0 Å². The zero-order valence-electron chi connectivity index (χ0n) is 11.7. The Morgan fingerprint density at radius 1 is 1.47 bits per heavy atom. The lowest BCUT2D eigenvalue weighted by Gasteiger charge is -2.24. The maximum absolute atomic E-state index is 12.3. The lowest BCUT2D eigenvalue weighted by Crippen LogP contribution is -2.44. The van der Waals surface area contributed by atoms with Crippen LogP contribution in [0.5, 0.6) is 0 Å². The Morgan fingerprint density at radius 2 is 2.21 bits per heavy atom. The first-order valence-electron chi connectivity index (χ1n) is 6.69. The third-order valence-corrected chi connectivity index (χ3v) is 5.54. The summed E-state index contributed by atoms with van der Waals surface area (Å²) in [6, 6.07) is 1.63. The van der Waals surface area contributed by atoms with Crippen LogP contribution in [0.1, 0.15) is 42.9 Å². The van der Waals surface area contributed by atoms with Gasteiger partial charge in [0, 0.05) is 18.2 Å². The van der Waals surface area contributed by atoms with Gasteiger partial charge in [-0.3, -0.25) is 0 Å². The molecule has 2 atom stereocenters. The van der Waals surface area contributed by atoms with Crippen LogP contribution in [0.15, 0.2) is 10.5 Å². The maximum atomic E-state index is 12.3. The highest BCUT2D eigenvalue weighted by Gasteiger charge is 2.29. The molecule has 2 N–H and O–H groups in total. The summed E-state index contributed by atoms with van der Waals surface area (Å²) in [6.45, 7) is 7.01. The van der Waals surface area contributed by atoms with Crippen LogP contribution in [-0.2, 0) is 10.0 Å². The molecule has 2 unspecified atom stereocenters. The zero-order chi connectivity index (χ0) is 14.0. The Balaban J connectivity index is 2.09. The first-order chi connectivity index (χ1) is 8.90. The summed E-state index contributed by atoms with van der Waals surface area (Å²) >= 11 is 0. The smallest absolute Gasteiger partial charge is 0.216 e. The number of hydrogen-bond donors (Lipinski definition) is 2. The van der Waals surface area contributed by atoms with E-state index in [9.17, 15) is 8.42 Å². The molecule has 108 valence electrons. The molecule has 0 amide bonds. The Kier molecular flexibility index (Phi) is 4.32. The average molecular weight is 286 g/mol. The number of piperidine rings is 1. The van der Waals surface area contributed by atoms with E-state index in [1.165, 1.54) is 0 Å². The van der Waals surface area contributed by atoms with E-state index in [0.717, 1.165) is 36.5 Å². The highest BCUT2D eigenvalue weighted by atomic mass is 32.2. The van der Waals surface area contributed by atoms with Crippen molar-refractivity contribution in [3.8, 4) is 0 Å². The van der Waals surface area contributed by atoms with Gasteiger partial charge in [-0.05, 0) is 46.2 Å². The van der Waals surface area contributed by atoms with E-state index in [2.05, 4.69) is 10.0 Å². The summed E-state index contributed by atoms with van der Waals surface area (Å²) in [5, 5.41) is 2.80. The highest BCUT2D eigenvalue weighted by Crippen LogP contribution is 2.23. The van der Waals surface area contributed by atoms with Crippen molar-refractivity contribution in [1.29, 1.82) is 0 Å². The van der Waals surface area contributed by atoms with E-state index in [1.807, 2.05) is 26.8 Å². The molecule has 1 aliphatic rings. The van der Waals surface area contributed by atoms with Crippen LogP contribution < -0.4 is 10.0 Å². The third kappa shape index (κ3) is 3.38. The first kappa shape index (κ1) is 14.6. The second-order valence-corrected chi connectivity index (χ2v) is 7.21. The largest absolute Gasteiger partial charge is 0.466 e. The fraction of sp³-hybridized carbons (Fsp3) is 0.692. The second-order valence-electron chi connectivity index (χ2n) is 5.22. The predicted molar refractivity (Wildman–Crippen MR) is 74.5 cm³/mol. The van der Waals surface area contributed by atoms with Crippen LogP contribution in [0.3, 0.4) is 0 Å². The molecule has 1 fully saturated rings. The van der Waals surface area contributed by atoms with Crippen LogP contribution in [0, 0.1) is 13.8 Å². The van der Waals surface area contributed by atoms with Crippen LogP contribution in [-0.4, -0.2) is 26.8 Å². The Labute approximate surface area is 114 Å². The number of rotatable bonds is 4. The highest BCUT2D eigenvalue weighted by molar-refractivity contribution is 7.90. The lowest BCUT2D eigenvalue weighted by molar-refractivity contribution is 0.481. The molecule has 1 saturated heterocycles. The monoisotopic (exact) mass is 286 g/mol. The molecule has 0 spiro atoms. The number of aryl methyl sites for hydroxylation is 2. The van der Waals surface area contributed by atoms with E-state index in [4.69, 9.17) is 4.42 Å². The van der Waals surface area contributed by atoms with Gasteiger partial charge in [0.15, 0.2) is 0 Å². The molecule has 1 aromatic rings. The summed E-state index contributed by atoms with van der Waals surface area (Å²) in [6.07, 6.45) is 1.63. The molecule has 0 radical (unpaired) electrons. The molecule has 2 rings (SSSR count). The van der Waals surface area contributed by atoms with Gasteiger partial charge in [0.25, 0.3) is 0 Å². The zero-order valence-corrected chi connectivity index (χ0v) is 12.5. The van der Waals surface area contributed by atoms with Gasteiger partial charge in [0.1, 0.15) is 11.5 Å². The molecular weight excluding hydrogens is 264 g/mol. The van der Waals surface area contributed by atoms with E-state index >= 15 is 0 Å². The number of furan rings is 1. The number of nitrogens with one attached hydrogen (secondary N) is 2. The van der Waals surface area contributed by atoms with Crippen molar-refractivity contribution in [2.24, 2.45) is 0 Å².